The Balaban J connectivity index is 2.76. The lowest BCUT2D eigenvalue weighted by Gasteiger charge is -2.10. The summed E-state index contributed by atoms with van der Waals surface area (Å²) >= 11 is -0.413. The van der Waals surface area contributed by atoms with Crippen molar-refractivity contribution >= 4 is 23.6 Å². The Labute approximate surface area is 110 Å². The first kappa shape index (κ1) is 15.3. The van der Waals surface area contributed by atoms with Crippen LogP contribution >= 0.6 is 11.8 Å². The first-order valence-electron chi connectivity index (χ1n) is 4.85. The molecule has 0 aromatic heterocycles. The Morgan fingerprint density at radius 2 is 1.95 bits per heavy atom. The van der Waals surface area contributed by atoms with E-state index in [-0.39, 0.29) is 10.5 Å². The van der Waals surface area contributed by atoms with Crippen molar-refractivity contribution in [2.24, 2.45) is 5.73 Å². The van der Waals surface area contributed by atoms with Crippen LogP contribution in [-0.4, -0.2) is 23.9 Å². The van der Waals surface area contributed by atoms with Crippen molar-refractivity contribution in [2.45, 2.75) is 10.4 Å². The van der Waals surface area contributed by atoms with Crippen molar-refractivity contribution in [3.63, 3.8) is 0 Å². The predicted octanol–water partition coefficient (Wildman–Crippen LogP) is 1.45. The molecule has 104 valence electrons. The highest BCUT2D eigenvalue weighted by atomic mass is 32.2. The van der Waals surface area contributed by atoms with E-state index in [1.54, 1.807) is 0 Å². The van der Waals surface area contributed by atoms with E-state index < -0.39 is 35.7 Å². The van der Waals surface area contributed by atoms with E-state index in [4.69, 9.17) is 5.73 Å². The van der Waals surface area contributed by atoms with Gasteiger partial charge < -0.3 is 5.73 Å². The summed E-state index contributed by atoms with van der Waals surface area (Å²) in [6.45, 7) is -0.569. The second-order valence-electron chi connectivity index (χ2n) is 3.23. The van der Waals surface area contributed by atoms with Crippen LogP contribution in [0.3, 0.4) is 0 Å². The summed E-state index contributed by atoms with van der Waals surface area (Å²) in [7, 11) is 0. The van der Waals surface area contributed by atoms with Crippen LogP contribution in [0.5, 0.6) is 0 Å². The normalized spacial score (nSPS) is 11.1. The SMILES string of the molecule is NC(=O)CONC(=O)c1ccccc1SC(F)(F)F. The molecule has 2 amide bonds. The van der Waals surface area contributed by atoms with Gasteiger partial charge >= 0.3 is 5.51 Å². The lowest BCUT2D eigenvalue weighted by atomic mass is 10.2. The molecule has 1 rings (SSSR count). The molecule has 1 aromatic carbocycles. The van der Waals surface area contributed by atoms with Crippen LogP contribution in [0, 0.1) is 0 Å². The summed E-state index contributed by atoms with van der Waals surface area (Å²) in [6.07, 6.45) is 0. The number of nitrogens with one attached hydrogen (secondary N) is 1. The minimum Gasteiger partial charge on any atom is -0.368 e. The van der Waals surface area contributed by atoms with E-state index in [9.17, 15) is 22.8 Å². The average Bonchev–Trinajstić information content (AvgIpc) is 2.26. The van der Waals surface area contributed by atoms with Gasteiger partial charge in [-0.05, 0) is 23.9 Å². The third-order valence-electron chi connectivity index (χ3n) is 1.74. The highest BCUT2D eigenvalue weighted by Gasteiger charge is 2.31. The number of primary amides is 1. The monoisotopic (exact) mass is 294 g/mol. The van der Waals surface area contributed by atoms with Gasteiger partial charge in [0.25, 0.3) is 5.91 Å². The number of amides is 2. The molecule has 0 bridgehead atoms. The van der Waals surface area contributed by atoms with Crippen LogP contribution in [0.15, 0.2) is 29.2 Å². The van der Waals surface area contributed by atoms with E-state index in [0.29, 0.717) is 0 Å². The summed E-state index contributed by atoms with van der Waals surface area (Å²) in [5.74, 6) is -1.72. The Hall–Kier alpha value is -1.74. The Kier molecular flexibility index (Phi) is 5.19. The van der Waals surface area contributed by atoms with Crippen LogP contribution in [0.1, 0.15) is 10.4 Å². The van der Waals surface area contributed by atoms with Crippen molar-refractivity contribution in [1.29, 1.82) is 0 Å². The van der Waals surface area contributed by atoms with Gasteiger partial charge in [-0.15, -0.1) is 0 Å². The summed E-state index contributed by atoms with van der Waals surface area (Å²) in [4.78, 5) is 26.1. The molecule has 0 aliphatic heterocycles. The number of rotatable bonds is 5. The Bertz CT molecular complexity index is 479. The van der Waals surface area contributed by atoms with Gasteiger partial charge in [-0.2, -0.15) is 13.2 Å². The van der Waals surface area contributed by atoms with E-state index in [1.165, 1.54) is 18.2 Å². The molecule has 0 radical (unpaired) electrons. The lowest BCUT2D eigenvalue weighted by Crippen LogP contribution is -2.29. The van der Waals surface area contributed by atoms with E-state index in [1.807, 2.05) is 5.48 Å². The number of thioether (sulfide) groups is 1. The molecule has 9 heteroatoms. The van der Waals surface area contributed by atoms with E-state index in [0.717, 1.165) is 6.07 Å². The number of nitrogens with two attached hydrogens (primary N) is 1. The molecule has 3 N–H and O–H groups in total. The number of hydrogen-bond acceptors (Lipinski definition) is 4. The molecule has 0 spiro atoms. The first-order valence-corrected chi connectivity index (χ1v) is 5.66. The van der Waals surface area contributed by atoms with Gasteiger partial charge in [0.1, 0.15) is 0 Å². The largest absolute Gasteiger partial charge is 0.446 e. The molecule has 0 saturated carbocycles. The third kappa shape index (κ3) is 5.62. The van der Waals surface area contributed by atoms with Gasteiger partial charge in [0.05, 0.1) is 5.56 Å². The second-order valence-corrected chi connectivity index (χ2v) is 4.34. The molecular weight excluding hydrogens is 285 g/mol. The molecular formula is C10H9F3N2O3S. The minimum atomic E-state index is -4.51. The van der Waals surface area contributed by atoms with Gasteiger partial charge in [0, 0.05) is 4.90 Å². The number of benzene rings is 1. The summed E-state index contributed by atoms with van der Waals surface area (Å²) < 4.78 is 36.8. The smallest absolute Gasteiger partial charge is 0.368 e. The highest BCUT2D eigenvalue weighted by molar-refractivity contribution is 8.00. The van der Waals surface area contributed by atoms with Crippen LogP contribution in [0.4, 0.5) is 13.2 Å². The maximum atomic E-state index is 12.3. The number of hydroxylamine groups is 1. The Morgan fingerprint density at radius 3 is 2.53 bits per heavy atom. The molecule has 0 aliphatic rings. The quantitative estimate of drug-likeness (QED) is 0.636. The molecule has 0 heterocycles. The molecule has 1 aromatic rings. The van der Waals surface area contributed by atoms with Crippen molar-refractivity contribution in [3.8, 4) is 0 Å². The standard InChI is InChI=1S/C10H9F3N2O3S/c11-10(12,13)19-7-4-2-1-3-6(7)9(17)15-18-5-8(14)16/h1-4H,5H2,(H2,14,16)(H,15,17). The number of halogens is 3. The second kappa shape index (κ2) is 6.43. The molecule has 5 nitrogen and oxygen atoms in total. The van der Waals surface area contributed by atoms with E-state index >= 15 is 0 Å². The zero-order valence-corrected chi connectivity index (χ0v) is 10.2. The molecule has 0 unspecified atom stereocenters. The zero-order valence-electron chi connectivity index (χ0n) is 9.36. The summed E-state index contributed by atoms with van der Waals surface area (Å²) in [5, 5.41) is 0. The number of alkyl halides is 3. The summed E-state index contributed by atoms with van der Waals surface area (Å²) in [5.41, 5.74) is 1.88. The van der Waals surface area contributed by atoms with Crippen molar-refractivity contribution in [3.05, 3.63) is 29.8 Å². The molecule has 19 heavy (non-hydrogen) atoms. The fourth-order valence-electron chi connectivity index (χ4n) is 1.10. The lowest BCUT2D eigenvalue weighted by molar-refractivity contribution is -0.124. The van der Waals surface area contributed by atoms with Crippen LogP contribution in [0.2, 0.25) is 0 Å². The topological polar surface area (TPSA) is 81.4 Å². The molecule has 0 saturated heterocycles. The number of carbonyl (C=O) groups excluding carboxylic acids is 2. The number of carbonyl (C=O) groups is 2. The average molecular weight is 294 g/mol. The fourth-order valence-corrected chi connectivity index (χ4v) is 1.76. The van der Waals surface area contributed by atoms with Crippen molar-refractivity contribution < 1.29 is 27.6 Å². The van der Waals surface area contributed by atoms with Gasteiger partial charge in [0.15, 0.2) is 6.61 Å². The minimum absolute atomic E-state index is 0.214. The van der Waals surface area contributed by atoms with Crippen LogP contribution < -0.4 is 11.2 Å². The van der Waals surface area contributed by atoms with Crippen molar-refractivity contribution in [2.75, 3.05) is 6.61 Å². The van der Waals surface area contributed by atoms with Gasteiger partial charge in [0.2, 0.25) is 5.91 Å². The highest BCUT2D eigenvalue weighted by Crippen LogP contribution is 2.38. The van der Waals surface area contributed by atoms with Gasteiger partial charge in [-0.1, -0.05) is 12.1 Å². The Morgan fingerprint density at radius 1 is 1.32 bits per heavy atom. The summed E-state index contributed by atoms with van der Waals surface area (Å²) in [6, 6.07) is 5.14. The first-order chi connectivity index (χ1) is 8.79. The maximum Gasteiger partial charge on any atom is 0.446 e. The van der Waals surface area contributed by atoms with Gasteiger partial charge in [-0.25, -0.2) is 5.48 Å². The molecule has 0 fully saturated rings. The third-order valence-corrected chi connectivity index (χ3v) is 2.54. The van der Waals surface area contributed by atoms with Crippen molar-refractivity contribution in [1.82, 2.24) is 5.48 Å². The maximum absolute atomic E-state index is 12.3. The predicted molar refractivity (Wildman–Crippen MR) is 61.0 cm³/mol. The van der Waals surface area contributed by atoms with E-state index in [2.05, 4.69) is 4.84 Å². The molecule has 0 atom stereocenters. The zero-order chi connectivity index (χ0) is 14.5. The molecule has 0 aliphatic carbocycles. The fraction of sp³-hybridized carbons (Fsp3) is 0.200. The van der Waals surface area contributed by atoms with Crippen LogP contribution in [0.25, 0.3) is 0 Å². The van der Waals surface area contributed by atoms with Gasteiger partial charge in [-0.3, -0.25) is 14.4 Å². The number of hydrogen-bond donors (Lipinski definition) is 2. The van der Waals surface area contributed by atoms with Crippen LogP contribution in [-0.2, 0) is 9.63 Å².